The smallest absolute Gasteiger partial charge is 0.168 e. The molecule has 2 aliphatic rings. The van der Waals surface area contributed by atoms with Crippen molar-refractivity contribution in [3.05, 3.63) is 30.3 Å². The van der Waals surface area contributed by atoms with Crippen molar-refractivity contribution in [1.82, 2.24) is 5.43 Å². The average molecular weight is 206 g/mol. The molecule has 1 fully saturated rings. The molecule has 14 heavy (non-hydrogen) atoms. The summed E-state index contributed by atoms with van der Waals surface area (Å²) in [4.78, 5) is 0. The summed E-state index contributed by atoms with van der Waals surface area (Å²) in [5, 5.41) is 5.10. The minimum atomic E-state index is -2.24. The topological polar surface area (TPSA) is 41.5 Å². The summed E-state index contributed by atoms with van der Waals surface area (Å²) in [6.07, 6.45) is 0.963. The van der Waals surface area contributed by atoms with Crippen molar-refractivity contribution >= 4 is 17.9 Å². The number of hydrogen-bond donors (Lipinski definition) is 1. The molecule has 0 radical (unpaired) electrons. The molecule has 2 heterocycles. The molecule has 1 aromatic rings. The summed E-state index contributed by atoms with van der Waals surface area (Å²) in [7, 11) is -2.24. The van der Waals surface area contributed by atoms with Crippen molar-refractivity contribution in [2.24, 2.45) is 5.10 Å². The fourth-order valence-corrected chi connectivity index (χ4v) is 5.14. The molecule has 2 aliphatic heterocycles. The van der Waals surface area contributed by atoms with Gasteiger partial charge in [-0.05, 0) is 6.42 Å². The van der Waals surface area contributed by atoms with E-state index in [4.69, 9.17) is 0 Å². The van der Waals surface area contributed by atoms with Crippen molar-refractivity contribution in [2.75, 3.05) is 6.54 Å². The predicted octanol–water partition coefficient (Wildman–Crippen LogP) is 1.36. The van der Waals surface area contributed by atoms with Crippen LogP contribution in [0.15, 0.2) is 35.4 Å². The van der Waals surface area contributed by atoms with Crippen molar-refractivity contribution in [2.45, 2.75) is 12.1 Å². The molecule has 72 valence electrons. The first-order chi connectivity index (χ1) is 6.83. The number of nitrogens with zero attached hydrogens (tertiary/aromatic N) is 1. The van der Waals surface area contributed by atoms with Gasteiger partial charge in [0.2, 0.25) is 0 Å². The van der Waals surface area contributed by atoms with Crippen LogP contribution in [-0.2, 0) is 4.57 Å². The van der Waals surface area contributed by atoms with Crippen molar-refractivity contribution in [1.29, 1.82) is 0 Å². The van der Waals surface area contributed by atoms with Gasteiger partial charge in [-0.25, -0.2) is 0 Å². The molecule has 1 N–H and O–H groups in total. The normalized spacial score (nSPS) is 34.0. The maximum absolute atomic E-state index is 12.5. The highest BCUT2D eigenvalue weighted by Gasteiger charge is 2.60. The summed E-state index contributed by atoms with van der Waals surface area (Å²) >= 11 is 0. The van der Waals surface area contributed by atoms with Gasteiger partial charge in [-0.2, -0.15) is 5.10 Å². The molecular weight excluding hydrogens is 195 g/mol. The fraction of sp³-hybridized carbons (Fsp3) is 0.300. The van der Waals surface area contributed by atoms with E-state index in [1.54, 1.807) is 0 Å². The van der Waals surface area contributed by atoms with Crippen LogP contribution in [0.2, 0.25) is 0 Å². The Morgan fingerprint density at radius 1 is 1.36 bits per heavy atom. The summed E-state index contributed by atoms with van der Waals surface area (Å²) in [6.45, 7) is 0.852. The van der Waals surface area contributed by atoms with Crippen LogP contribution in [0.25, 0.3) is 0 Å². The van der Waals surface area contributed by atoms with E-state index in [2.05, 4.69) is 10.5 Å². The quantitative estimate of drug-likeness (QED) is 0.705. The van der Waals surface area contributed by atoms with Gasteiger partial charge in [-0.3, -0.25) is 0 Å². The van der Waals surface area contributed by atoms with E-state index in [0.29, 0.717) is 0 Å². The van der Waals surface area contributed by atoms with Gasteiger partial charge in [0.25, 0.3) is 0 Å². The SMILES string of the molecule is O=P1(c2ccccc2)C2=NNCCC21. The highest BCUT2D eigenvalue weighted by atomic mass is 31.2. The lowest BCUT2D eigenvalue weighted by atomic mass is 10.3. The van der Waals surface area contributed by atoms with E-state index < -0.39 is 7.14 Å². The van der Waals surface area contributed by atoms with Crippen LogP contribution in [0.5, 0.6) is 0 Å². The van der Waals surface area contributed by atoms with Gasteiger partial charge in [0, 0.05) is 11.8 Å². The van der Waals surface area contributed by atoms with E-state index in [0.717, 1.165) is 23.7 Å². The second kappa shape index (κ2) is 2.71. The zero-order valence-corrected chi connectivity index (χ0v) is 8.58. The fourth-order valence-electron chi connectivity index (χ4n) is 2.07. The Hall–Kier alpha value is -1.08. The van der Waals surface area contributed by atoms with Gasteiger partial charge in [0.05, 0.1) is 5.66 Å². The van der Waals surface area contributed by atoms with Crippen LogP contribution in [0.4, 0.5) is 0 Å². The summed E-state index contributed by atoms with van der Waals surface area (Å²) < 4.78 is 12.5. The van der Waals surface area contributed by atoms with Gasteiger partial charge >= 0.3 is 0 Å². The molecule has 0 aliphatic carbocycles. The standard InChI is InChI=1S/C10H11N2OP/c13-14(8-4-2-1-3-5-8)9-6-7-11-12-10(9)14/h1-5,9,11H,6-7H2. The third-order valence-corrected chi connectivity index (χ3v) is 6.13. The lowest BCUT2D eigenvalue weighted by Gasteiger charge is -1.99. The zero-order valence-electron chi connectivity index (χ0n) is 7.68. The Morgan fingerprint density at radius 2 is 2.14 bits per heavy atom. The second-order valence-electron chi connectivity index (χ2n) is 3.68. The number of hydrogen-bond acceptors (Lipinski definition) is 3. The minimum absolute atomic E-state index is 0.242. The number of fused-ring (bicyclic) bond motifs is 1. The van der Waals surface area contributed by atoms with Crippen LogP contribution in [0.1, 0.15) is 6.42 Å². The lowest BCUT2D eigenvalue weighted by molar-refractivity contribution is 0.590. The predicted molar refractivity (Wildman–Crippen MR) is 57.5 cm³/mol. The lowest BCUT2D eigenvalue weighted by Crippen LogP contribution is -2.15. The Balaban J connectivity index is 2.06. The second-order valence-corrected chi connectivity index (χ2v) is 6.59. The Morgan fingerprint density at radius 3 is 2.79 bits per heavy atom. The van der Waals surface area contributed by atoms with E-state index in [-0.39, 0.29) is 5.66 Å². The summed E-state index contributed by atoms with van der Waals surface area (Å²) in [5.74, 6) is 0. The molecule has 0 bridgehead atoms. The molecule has 0 saturated carbocycles. The van der Waals surface area contributed by atoms with Crippen molar-refractivity contribution in [3.8, 4) is 0 Å². The number of benzene rings is 1. The monoisotopic (exact) mass is 206 g/mol. The zero-order chi connectivity index (χ0) is 9.60. The molecule has 2 unspecified atom stereocenters. The van der Waals surface area contributed by atoms with E-state index in [1.165, 1.54) is 0 Å². The maximum Gasteiger partial charge on any atom is 0.168 e. The maximum atomic E-state index is 12.5. The number of rotatable bonds is 1. The largest absolute Gasteiger partial charge is 0.312 e. The highest BCUT2D eigenvalue weighted by molar-refractivity contribution is 7.99. The first-order valence-electron chi connectivity index (χ1n) is 4.80. The van der Waals surface area contributed by atoms with Crippen LogP contribution in [0.3, 0.4) is 0 Å². The number of hydrazone groups is 1. The van der Waals surface area contributed by atoms with E-state index in [1.807, 2.05) is 30.3 Å². The molecule has 0 aromatic heterocycles. The molecule has 2 atom stereocenters. The van der Waals surface area contributed by atoms with E-state index >= 15 is 0 Å². The van der Waals surface area contributed by atoms with Crippen LogP contribution in [0, 0.1) is 0 Å². The molecular formula is C10H11N2OP. The molecule has 0 amide bonds. The van der Waals surface area contributed by atoms with Crippen LogP contribution in [-0.4, -0.2) is 17.7 Å². The minimum Gasteiger partial charge on any atom is -0.312 e. The Labute approximate surface area is 82.6 Å². The van der Waals surface area contributed by atoms with Gasteiger partial charge in [-0.1, -0.05) is 30.3 Å². The first-order valence-corrected chi connectivity index (χ1v) is 6.57. The van der Waals surface area contributed by atoms with Gasteiger partial charge in [0.15, 0.2) is 7.14 Å². The molecule has 3 nitrogen and oxygen atoms in total. The average Bonchev–Trinajstić information content (AvgIpc) is 2.89. The first kappa shape index (κ1) is 8.25. The van der Waals surface area contributed by atoms with E-state index in [9.17, 15) is 4.57 Å². The van der Waals surface area contributed by atoms with Crippen molar-refractivity contribution < 1.29 is 4.57 Å². The molecule has 0 spiro atoms. The Bertz CT molecular complexity index is 441. The molecule has 4 heteroatoms. The van der Waals surface area contributed by atoms with Crippen LogP contribution >= 0.6 is 7.14 Å². The van der Waals surface area contributed by atoms with Gasteiger partial charge in [0.1, 0.15) is 5.45 Å². The third kappa shape index (κ3) is 0.934. The third-order valence-electron chi connectivity index (χ3n) is 2.87. The molecule has 1 saturated heterocycles. The molecule has 3 rings (SSSR count). The summed E-state index contributed by atoms with van der Waals surface area (Å²) in [6, 6.07) is 9.71. The molecule has 1 aromatic carbocycles. The van der Waals surface area contributed by atoms with Gasteiger partial charge in [-0.15, -0.1) is 0 Å². The number of nitrogens with one attached hydrogen (secondary N) is 1. The van der Waals surface area contributed by atoms with Crippen molar-refractivity contribution in [3.63, 3.8) is 0 Å². The van der Waals surface area contributed by atoms with Gasteiger partial charge < -0.3 is 9.99 Å². The summed E-state index contributed by atoms with van der Waals surface area (Å²) in [5.41, 5.74) is 4.06. The Kier molecular flexibility index (Phi) is 1.59. The highest BCUT2D eigenvalue weighted by Crippen LogP contribution is 2.70. The van der Waals surface area contributed by atoms with Crippen LogP contribution < -0.4 is 10.7 Å².